The Labute approximate surface area is 110 Å². The van der Waals surface area contributed by atoms with Crippen molar-refractivity contribution in [1.82, 2.24) is 10.3 Å². The summed E-state index contributed by atoms with van der Waals surface area (Å²) in [5.41, 5.74) is -0.992. The maximum absolute atomic E-state index is 11.9. The average molecular weight is 271 g/mol. The molecule has 0 spiro atoms. The molecule has 6 heteroatoms. The second kappa shape index (κ2) is 5.82. The maximum atomic E-state index is 11.9. The molecule has 0 radical (unpaired) electrons. The summed E-state index contributed by atoms with van der Waals surface area (Å²) in [4.78, 5) is 26.9. The Hall–Kier alpha value is -1.62. The number of carboxylic acid groups (broad SMARTS) is 1. The molecule has 1 aromatic rings. The summed E-state index contributed by atoms with van der Waals surface area (Å²) < 4.78 is 0. The van der Waals surface area contributed by atoms with Crippen molar-refractivity contribution in [2.24, 2.45) is 0 Å². The number of hydrogen-bond donors (Lipinski definition) is 2. The summed E-state index contributed by atoms with van der Waals surface area (Å²) in [5, 5.41) is 11.9. The van der Waals surface area contributed by atoms with Gasteiger partial charge in [0.1, 0.15) is 10.7 Å². The second-order valence-corrected chi connectivity index (χ2v) is 4.60. The van der Waals surface area contributed by atoms with Gasteiger partial charge in [-0.1, -0.05) is 24.9 Å². The number of nitrogens with one attached hydrogen (secondary N) is 1. The van der Waals surface area contributed by atoms with E-state index in [0.29, 0.717) is 12.8 Å². The van der Waals surface area contributed by atoms with Gasteiger partial charge in [0.2, 0.25) is 0 Å². The third-order valence-electron chi connectivity index (χ3n) is 2.60. The minimum atomic E-state index is -1.27. The van der Waals surface area contributed by atoms with Crippen molar-refractivity contribution < 1.29 is 14.7 Å². The van der Waals surface area contributed by atoms with Gasteiger partial charge in [-0.05, 0) is 25.5 Å². The lowest BCUT2D eigenvalue weighted by molar-refractivity contribution is -0.144. The van der Waals surface area contributed by atoms with Crippen LogP contribution in [0.25, 0.3) is 0 Å². The van der Waals surface area contributed by atoms with Crippen LogP contribution >= 0.6 is 11.6 Å². The highest BCUT2D eigenvalue weighted by molar-refractivity contribution is 6.29. The van der Waals surface area contributed by atoms with Crippen molar-refractivity contribution >= 4 is 23.5 Å². The van der Waals surface area contributed by atoms with E-state index < -0.39 is 17.4 Å². The molecule has 0 aromatic carbocycles. The van der Waals surface area contributed by atoms with E-state index >= 15 is 0 Å². The molecule has 0 aliphatic rings. The van der Waals surface area contributed by atoms with Crippen molar-refractivity contribution in [3.05, 3.63) is 29.0 Å². The van der Waals surface area contributed by atoms with Crippen LogP contribution in [0.4, 0.5) is 0 Å². The first-order chi connectivity index (χ1) is 8.39. The summed E-state index contributed by atoms with van der Waals surface area (Å²) in [7, 11) is 0. The maximum Gasteiger partial charge on any atom is 0.329 e. The third kappa shape index (κ3) is 3.43. The van der Waals surface area contributed by atoms with E-state index in [1.54, 1.807) is 0 Å². The Morgan fingerprint density at radius 3 is 2.61 bits per heavy atom. The van der Waals surface area contributed by atoms with E-state index in [2.05, 4.69) is 10.3 Å². The molecule has 1 amide bonds. The Kier molecular flexibility index (Phi) is 4.67. The van der Waals surface area contributed by atoms with E-state index in [0.717, 1.165) is 0 Å². The van der Waals surface area contributed by atoms with Crippen molar-refractivity contribution in [3.8, 4) is 0 Å². The lowest BCUT2D eigenvalue weighted by Gasteiger charge is -2.25. The zero-order chi connectivity index (χ0) is 13.8. The van der Waals surface area contributed by atoms with Gasteiger partial charge in [-0.2, -0.15) is 0 Å². The number of carbonyl (C=O) groups is 2. The predicted molar refractivity (Wildman–Crippen MR) is 67.7 cm³/mol. The van der Waals surface area contributed by atoms with Gasteiger partial charge in [0.05, 0.1) is 5.56 Å². The number of amides is 1. The minimum absolute atomic E-state index is 0.279. The van der Waals surface area contributed by atoms with Crippen molar-refractivity contribution in [3.63, 3.8) is 0 Å². The summed E-state index contributed by atoms with van der Waals surface area (Å²) in [6.45, 7) is 3.34. The standard InChI is InChI=1S/C12H15ClN2O3/c1-3-6-12(2,11(17)18)15-10(16)8-4-5-9(13)14-7-8/h4-5,7H,3,6H2,1-2H3,(H,15,16)(H,17,18). The van der Waals surface area contributed by atoms with E-state index in [4.69, 9.17) is 16.7 Å². The summed E-state index contributed by atoms with van der Waals surface area (Å²) in [6.07, 6.45) is 2.32. The molecule has 0 saturated heterocycles. The van der Waals surface area contributed by atoms with E-state index in [1.807, 2.05) is 6.92 Å². The van der Waals surface area contributed by atoms with Gasteiger partial charge >= 0.3 is 5.97 Å². The van der Waals surface area contributed by atoms with E-state index in [1.165, 1.54) is 25.3 Å². The largest absolute Gasteiger partial charge is 0.480 e. The molecule has 0 fully saturated rings. The molecular weight excluding hydrogens is 256 g/mol. The molecule has 1 rings (SSSR count). The normalized spacial score (nSPS) is 13.7. The number of hydrogen-bond acceptors (Lipinski definition) is 3. The number of aliphatic carboxylic acids is 1. The van der Waals surface area contributed by atoms with Crippen LogP contribution < -0.4 is 5.32 Å². The fourth-order valence-corrected chi connectivity index (χ4v) is 1.67. The van der Waals surface area contributed by atoms with E-state index in [9.17, 15) is 9.59 Å². The average Bonchev–Trinajstić information content (AvgIpc) is 2.29. The SMILES string of the molecule is CCCC(C)(NC(=O)c1ccc(Cl)nc1)C(=O)O. The van der Waals surface area contributed by atoms with Gasteiger partial charge < -0.3 is 10.4 Å². The van der Waals surface area contributed by atoms with E-state index in [-0.39, 0.29) is 10.7 Å². The minimum Gasteiger partial charge on any atom is -0.480 e. The number of halogens is 1. The quantitative estimate of drug-likeness (QED) is 0.803. The lowest BCUT2D eigenvalue weighted by Crippen LogP contribution is -2.52. The first kappa shape index (κ1) is 14.4. The molecule has 0 aliphatic heterocycles. The van der Waals surface area contributed by atoms with Gasteiger partial charge in [-0.3, -0.25) is 4.79 Å². The van der Waals surface area contributed by atoms with Crippen molar-refractivity contribution in [1.29, 1.82) is 0 Å². The van der Waals surface area contributed by atoms with Crippen LogP contribution in [0.5, 0.6) is 0 Å². The van der Waals surface area contributed by atoms with Crippen LogP contribution in [0.1, 0.15) is 37.0 Å². The second-order valence-electron chi connectivity index (χ2n) is 4.21. The highest BCUT2D eigenvalue weighted by atomic mass is 35.5. The van der Waals surface area contributed by atoms with Crippen molar-refractivity contribution in [2.75, 3.05) is 0 Å². The van der Waals surface area contributed by atoms with Crippen LogP contribution in [0.2, 0.25) is 5.15 Å². The first-order valence-electron chi connectivity index (χ1n) is 5.56. The zero-order valence-electron chi connectivity index (χ0n) is 10.2. The Morgan fingerprint density at radius 1 is 1.50 bits per heavy atom. The van der Waals surface area contributed by atoms with Gasteiger partial charge in [0, 0.05) is 6.20 Å². The number of pyridine rings is 1. The molecule has 5 nitrogen and oxygen atoms in total. The fourth-order valence-electron chi connectivity index (χ4n) is 1.56. The molecule has 1 unspecified atom stereocenters. The summed E-state index contributed by atoms with van der Waals surface area (Å²) in [5.74, 6) is -1.53. The number of rotatable bonds is 5. The number of aromatic nitrogens is 1. The highest BCUT2D eigenvalue weighted by Crippen LogP contribution is 2.14. The molecule has 1 heterocycles. The van der Waals surface area contributed by atoms with Crippen molar-refractivity contribution in [2.45, 2.75) is 32.2 Å². The summed E-state index contributed by atoms with van der Waals surface area (Å²) in [6, 6.07) is 2.98. The van der Waals surface area contributed by atoms with Crippen LogP contribution in [-0.2, 0) is 4.79 Å². The molecule has 0 bridgehead atoms. The number of carboxylic acids is 1. The van der Waals surface area contributed by atoms with Gasteiger partial charge in [0.25, 0.3) is 5.91 Å². The fraction of sp³-hybridized carbons (Fsp3) is 0.417. The van der Waals surface area contributed by atoms with Gasteiger partial charge in [-0.25, -0.2) is 9.78 Å². The Balaban J connectivity index is 2.85. The van der Waals surface area contributed by atoms with Crippen LogP contribution in [0.15, 0.2) is 18.3 Å². The Morgan fingerprint density at radius 2 is 2.17 bits per heavy atom. The van der Waals surface area contributed by atoms with Crippen LogP contribution in [0, 0.1) is 0 Å². The number of nitrogens with zero attached hydrogens (tertiary/aromatic N) is 1. The number of carbonyl (C=O) groups excluding carboxylic acids is 1. The molecular formula is C12H15ClN2O3. The molecule has 98 valence electrons. The smallest absolute Gasteiger partial charge is 0.329 e. The van der Waals surface area contributed by atoms with Gasteiger partial charge in [-0.15, -0.1) is 0 Å². The topological polar surface area (TPSA) is 79.3 Å². The molecule has 18 heavy (non-hydrogen) atoms. The van der Waals surface area contributed by atoms with Crippen LogP contribution in [0.3, 0.4) is 0 Å². The molecule has 0 saturated carbocycles. The van der Waals surface area contributed by atoms with Gasteiger partial charge in [0.15, 0.2) is 0 Å². The van der Waals surface area contributed by atoms with Crippen LogP contribution in [-0.4, -0.2) is 27.5 Å². The molecule has 2 N–H and O–H groups in total. The zero-order valence-corrected chi connectivity index (χ0v) is 11.0. The summed E-state index contributed by atoms with van der Waals surface area (Å²) >= 11 is 5.61. The third-order valence-corrected chi connectivity index (χ3v) is 2.82. The molecule has 0 aliphatic carbocycles. The lowest BCUT2D eigenvalue weighted by atomic mass is 9.96. The highest BCUT2D eigenvalue weighted by Gasteiger charge is 2.34. The Bertz CT molecular complexity index is 447. The molecule has 1 atom stereocenters. The molecule has 1 aromatic heterocycles. The first-order valence-corrected chi connectivity index (χ1v) is 5.94. The monoisotopic (exact) mass is 270 g/mol. The predicted octanol–water partition coefficient (Wildman–Crippen LogP) is 2.11.